The van der Waals surface area contributed by atoms with E-state index in [1.54, 1.807) is 36.4 Å². The SMILES string of the molecule is CC(=O)Oc1ccc(CONC(=O)CCC(C=O)Cc2cccc(-c3cccc(C(=O)O)c3)c2)cc1. The minimum Gasteiger partial charge on any atom is -0.478 e. The fourth-order valence-corrected chi connectivity index (χ4v) is 3.62. The zero-order valence-corrected chi connectivity index (χ0v) is 19.8. The van der Waals surface area contributed by atoms with Crippen molar-refractivity contribution in [3.8, 4) is 16.9 Å². The summed E-state index contributed by atoms with van der Waals surface area (Å²) in [6.45, 7) is 1.46. The van der Waals surface area contributed by atoms with Gasteiger partial charge in [0.05, 0.1) is 12.2 Å². The molecule has 36 heavy (non-hydrogen) atoms. The molecule has 2 N–H and O–H groups in total. The first-order valence-electron chi connectivity index (χ1n) is 11.4. The molecule has 8 heteroatoms. The molecule has 1 amide bonds. The summed E-state index contributed by atoms with van der Waals surface area (Å²) in [6, 6.07) is 20.9. The standard InChI is InChI=1S/C28H27NO7/c1-19(31)36-26-11-8-20(9-12-26)18-35-29-27(32)13-10-22(17-30)14-21-4-2-5-23(15-21)24-6-3-7-25(16-24)28(33)34/h2-9,11-12,15-17,22H,10,13-14,18H2,1H3,(H,29,32)(H,33,34). The fraction of sp³-hybridized carbons (Fsp3) is 0.214. The molecule has 3 rings (SSSR count). The number of hydrogen-bond acceptors (Lipinski definition) is 6. The van der Waals surface area contributed by atoms with Crippen molar-refractivity contribution in [2.75, 3.05) is 0 Å². The number of hydrogen-bond donors (Lipinski definition) is 2. The number of hydroxylamine groups is 1. The molecule has 0 radical (unpaired) electrons. The van der Waals surface area contributed by atoms with E-state index in [4.69, 9.17) is 9.57 Å². The van der Waals surface area contributed by atoms with Gasteiger partial charge in [-0.2, -0.15) is 0 Å². The van der Waals surface area contributed by atoms with Crippen LogP contribution in [0, 0.1) is 5.92 Å². The summed E-state index contributed by atoms with van der Waals surface area (Å²) in [5, 5.41) is 9.22. The third-order valence-corrected chi connectivity index (χ3v) is 5.41. The number of aldehydes is 1. The van der Waals surface area contributed by atoms with Crippen LogP contribution in [0.15, 0.2) is 72.8 Å². The molecule has 1 atom stereocenters. The fourth-order valence-electron chi connectivity index (χ4n) is 3.62. The number of carbonyl (C=O) groups excluding carboxylic acids is 3. The van der Waals surface area contributed by atoms with Crippen molar-refractivity contribution < 1.29 is 33.9 Å². The number of amides is 1. The van der Waals surface area contributed by atoms with Gasteiger partial charge in [-0.1, -0.05) is 48.5 Å². The summed E-state index contributed by atoms with van der Waals surface area (Å²) in [7, 11) is 0. The summed E-state index contributed by atoms with van der Waals surface area (Å²) in [5.41, 5.74) is 5.91. The van der Waals surface area contributed by atoms with E-state index >= 15 is 0 Å². The van der Waals surface area contributed by atoms with Crippen molar-refractivity contribution in [3.63, 3.8) is 0 Å². The molecular weight excluding hydrogens is 462 g/mol. The quantitative estimate of drug-likeness (QED) is 0.168. The third-order valence-electron chi connectivity index (χ3n) is 5.41. The Bertz CT molecular complexity index is 1220. The number of ether oxygens (including phenoxy) is 1. The van der Waals surface area contributed by atoms with Crippen LogP contribution in [-0.2, 0) is 32.2 Å². The van der Waals surface area contributed by atoms with E-state index in [0.29, 0.717) is 18.6 Å². The van der Waals surface area contributed by atoms with E-state index in [0.717, 1.165) is 28.5 Å². The average Bonchev–Trinajstić information content (AvgIpc) is 2.87. The lowest BCUT2D eigenvalue weighted by molar-refractivity contribution is -0.135. The molecule has 0 bridgehead atoms. The summed E-state index contributed by atoms with van der Waals surface area (Å²) < 4.78 is 4.96. The number of carboxylic acids is 1. The van der Waals surface area contributed by atoms with Gasteiger partial charge in [-0.3, -0.25) is 14.4 Å². The Morgan fingerprint density at radius 1 is 0.944 bits per heavy atom. The van der Waals surface area contributed by atoms with Crippen molar-refractivity contribution in [1.29, 1.82) is 0 Å². The maximum absolute atomic E-state index is 12.2. The molecule has 0 heterocycles. The van der Waals surface area contributed by atoms with Crippen LogP contribution in [0.4, 0.5) is 0 Å². The highest BCUT2D eigenvalue weighted by Gasteiger charge is 2.13. The van der Waals surface area contributed by atoms with Crippen LogP contribution in [0.25, 0.3) is 11.1 Å². The molecule has 186 valence electrons. The second-order valence-corrected chi connectivity index (χ2v) is 8.28. The number of aromatic carboxylic acids is 1. The van der Waals surface area contributed by atoms with Gasteiger partial charge < -0.3 is 14.6 Å². The zero-order valence-electron chi connectivity index (χ0n) is 19.8. The van der Waals surface area contributed by atoms with Gasteiger partial charge in [0.2, 0.25) is 5.91 Å². The number of carboxylic acid groups (broad SMARTS) is 1. The number of nitrogens with one attached hydrogen (secondary N) is 1. The Morgan fingerprint density at radius 3 is 2.31 bits per heavy atom. The zero-order chi connectivity index (χ0) is 25.9. The van der Waals surface area contributed by atoms with Gasteiger partial charge >= 0.3 is 11.9 Å². The summed E-state index contributed by atoms with van der Waals surface area (Å²) in [6.07, 6.45) is 1.78. The molecule has 0 aliphatic heterocycles. The predicted octanol–water partition coefficient (Wildman–Crippen LogP) is 4.36. The molecule has 0 aliphatic rings. The first-order valence-corrected chi connectivity index (χ1v) is 11.4. The highest BCUT2D eigenvalue weighted by molar-refractivity contribution is 5.89. The molecular formula is C28H27NO7. The Hall–Kier alpha value is -4.30. The van der Waals surface area contributed by atoms with Gasteiger partial charge in [0.25, 0.3) is 0 Å². The van der Waals surface area contributed by atoms with Crippen LogP contribution in [-0.4, -0.2) is 29.2 Å². The molecule has 3 aromatic rings. The first kappa shape index (κ1) is 26.3. The summed E-state index contributed by atoms with van der Waals surface area (Å²) in [4.78, 5) is 51.2. The van der Waals surface area contributed by atoms with Crippen LogP contribution >= 0.6 is 0 Å². The lowest BCUT2D eigenvalue weighted by atomic mass is 9.93. The molecule has 0 aliphatic carbocycles. The number of rotatable bonds is 12. The van der Waals surface area contributed by atoms with E-state index in [1.807, 2.05) is 30.3 Å². The topological polar surface area (TPSA) is 119 Å². The molecule has 0 saturated carbocycles. The van der Waals surface area contributed by atoms with Crippen LogP contribution < -0.4 is 10.2 Å². The summed E-state index contributed by atoms with van der Waals surface area (Å²) >= 11 is 0. The van der Waals surface area contributed by atoms with Crippen LogP contribution in [0.2, 0.25) is 0 Å². The van der Waals surface area contributed by atoms with E-state index < -0.39 is 11.9 Å². The maximum Gasteiger partial charge on any atom is 0.335 e. The van der Waals surface area contributed by atoms with E-state index in [2.05, 4.69) is 5.48 Å². The van der Waals surface area contributed by atoms with E-state index in [1.165, 1.54) is 13.0 Å². The maximum atomic E-state index is 12.2. The van der Waals surface area contributed by atoms with E-state index in [9.17, 15) is 24.3 Å². The van der Waals surface area contributed by atoms with Crippen molar-refractivity contribution in [3.05, 3.63) is 89.5 Å². The molecule has 3 aromatic carbocycles. The van der Waals surface area contributed by atoms with Crippen molar-refractivity contribution in [1.82, 2.24) is 5.48 Å². The molecule has 8 nitrogen and oxygen atoms in total. The molecule has 0 aromatic heterocycles. The highest BCUT2D eigenvalue weighted by Crippen LogP contribution is 2.23. The molecule has 0 fully saturated rings. The minimum absolute atomic E-state index is 0.120. The number of benzene rings is 3. The van der Waals surface area contributed by atoms with Crippen LogP contribution in [0.5, 0.6) is 5.75 Å². The highest BCUT2D eigenvalue weighted by atomic mass is 16.6. The van der Waals surface area contributed by atoms with Crippen LogP contribution in [0.3, 0.4) is 0 Å². The lowest BCUT2D eigenvalue weighted by Crippen LogP contribution is -2.24. The minimum atomic E-state index is -0.992. The molecule has 0 saturated heterocycles. The Kier molecular flexibility index (Phi) is 9.48. The van der Waals surface area contributed by atoms with Gasteiger partial charge in [-0.25, -0.2) is 10.3 Å². The van der Waals surface area contributed by atoms with Gasteiger partial charge in [-0.05, 0) is 59.4 Å². The largest absolute Gasteiger partial charge is 0.478 e. The van der Waals surface area contributed by atoms with Gasteiger partial charge in [0.15, 0.2) is 0 Å². The smallest absolute Gasteiger partial charge is 0.335 e. The summed E-state index contributed by atoms with van der Waals surface area (Å²) in [5.74, 6) is -1.66. The molecule has 0 spiro atoms. The normalized spacial score (nSPS) is 11.4. The van der Waals surface area contributed by atoms with Gasteiger partial charge in [0, 0.05) is 19.3 Å². The van der Waals surface area contributed by atoms with Crippen molar-refractivity contribution in [2.24, 2.45) is 5.92 Å². The number of carbonyl (C=O) groups is 4. The van der Waals surface area contributed by atoms with Crippen molar-refractivity contribution >= 4 is 24.1 Å². The Labute approximate surface area is 208 Å². The molecule has 1 unspecified atom stereocenters. The Morgan fingerprint density at radius 2 is 1.64 bits per heavy atom. The van der Waals surface area contributed by atoms with Gasteiger partial charge in [-0.15, -0.1) is 0 Å². The Balaban J connectivity index is 1.47. The average molecular weight is 490 g/mol. The monoisotopic (exact) mass is 489 g/mol. The predicted molar refractivity (Wildman–Crippen MR) is 132 cm³/mol. The first-order chi connectivity index (χ1) is 17.3. The second-order valence-electron chi connectivity index (χ2n) is 8.28. The third kappa shape index (κ3) is 8.18. The van der Waals surface area contributed by atoms with Crippen LogP contribution in [0.1, 0.15) is 41.3 Å². The van der Waals surface area contributed by atoms with Gasteiger partial charge in [0.1, 0.15) is 12.0 Å². The van der Waals surface area contributed by atoms with E-state index in [-0.39, 0.29) is 30.4 Å². The van der Waals surface area contributed by atoms with Crippen molar-refractivity contribution in [2.45, 2.75) is 32.8 Å². The second kappa shape index (κ2) is 13.0. The number of esters is 1. The lowest BCUT2D eigenvalue weighted by Gasteiger charge is -2.12.